The molecule has 44 valence electrons. The van der Waals surface area contributed by atoms with Crippen LogP contribution in [0.25, 0.3) is 0 Å². The van der Waals surface area contributed by atoms with Crippen LogP contribution in [-0.2, 0) is 0 Å². The van der Waals surface area contributed by atoms with Gasteiger partial charge in [-0.3, -0.25) is 0 Å². The number of hydrogen-bond acceptors (Lipinski definition) is 1. The minimum Gasteiger partial charge on any atom is -0.412 e. The summed E-state index contributed by atoms with van der Waals surface area (Å²) in [5.41, 5.74) is 0. The second-order valence-electron chi connectivity index (χ2n) is 1.15. The van der Waals surface area contributed by atoms with E-state index in [1.807, 2.05) is 12.1 Å². The van der Waals surface area contributed by atoms with Gasteiger partial charge in [-0.25, -0.2) is 4.98 Å². The van der Waals surface area contributed by atoms with E-state index >= 15 is 0 Å². The van der Waals surface area contributed by atoms with E-state index < -0.39 is 0 Å². The average molecular weight is 132 g/mol. The maximum atomic E-state index is 5.43. The maximum absolute atomic E-state index is 5.43. The zero-order chi connectivity index (χ0) is 5.11. The van der Waals surface area contributed by atoms with E-state index in [1.54, 1.807) is 12.3 Å². The fourth-order valence-corrected chi connectivity index (χ4v) is 0.471. The van der Waals surface area contributed by atoms with Gasteiger partial charge in [0.15, 0.2) is 0 Å². The van der Waals surface area contributed by atoms with Gasteiger partial charge in [-0.2, -0.15) is 0 Å². The molecule has 0 aliphatic carbocycles. The summed E-state index contributed by atoms with van der Waals surface area (Å²) in [6.07, 6.45) is 1.66. The second-order valence-corrected chi connectivity index (χ2v) is 1.54. The van der Waals surface area contributed by atoms with Crippen LogP contribution in [0.5, 0.6) is 0 Å². The summed E-state index contributed by atoms with van der Waals surface area (Å²) < 4.78 is 0. The number of pyridine rings is 1. The van der Waals surface area contributed by atoms with E-state index in [9.17, 15) is 0 Å². The zero-order valence-corrected chi connectivity index (χ0v) is 4.89. The van der Waals surface area contributed by atoms with Crippen LogP contribution in [0.4, 0.5) is 0 Å². The Balaban J connectivity index is 0.000000490. The molecule has 0 saturated heterocycles. The first kappa shape index (κ1) is 7.40. The SMILES string of the molecule is Clc1ccccn1.O. The summed E-state index contributed by atoms with van der Waals surface area (Å²) in [7, 11) is 0. The van der Waals surface area contributed by atoms with Crippen LogP contribution in [0.2, 0.25) is 5.15 Å². The lowest BCUT2D eigenvalue weighted by Gasteiger charge is -1.79. The molecule has 1 aromatic rings. The van der Waals surface area contributed by atoms with Gasteiger partial charge in [0.2, 0.25) is 0 Å². The predicted octanol–water partition coefficient (Wildman–Crippen LogP) is 0.910. The quantitative estimate of drug-likeness (QED) is 0.483. The maximum Gasteiger partial charge on any atom is 0.129 e. The van der Waals surface area contributed by atoms with Crippen molar-refractivity contribution in [2.45, 2.75) is 0 Å². The molecule has 2 nitrogen and oxygen atoms in total. The van der Waals surface area contributed by atoms with Crippen molar-refractivity contribution in [2.75, 3.05) is 0 Å². The van der Waals surface area contributed by atoms with Crippen LogP contribution >= 0.6 is 11.6 Å². The summed E-state index contributed by atoms with van der Waals surface area (Å²) in [6.45, 7) is 0. The number of rotatable bonds is 0. The molecule has 8 heavy (non-hydrogen) atoms. The van der Waals surface area contributed by atoms with Crippen molar-refractivity contribution in [1.82, 2.24) is 4.98 Å². The highest BCUT2D eigenvalue weighted by Crippen LogP contribution is 1.98. The van der Waals surface area contributed by atoms with E-state index in [1.165, 1.54) is 0 Å². The van der Waals surface area contributed by atoms with Crippen molar-refractivity contribution in [2.24, 2.45) is 0 Å². The Kier molecular flexibility index (Phi) is 3.15. The Labute approximate surface area is 52.4 Å². The zero-order valence-electron chi connectivity index (χ0n) is 4.13. The molecule has 0 amide bonds. The Morgan fingerprint density at radius 1 is 1.38 bits per heavy atom. The topological polar surface area (TPSA) is 44.4 Å². The third-order valence-corrected chi connectivity index (χ3v) is 0.852. The third kappa shape index (κ3) is 1.91. The molecule has 0 aliphatic rings. The number of aromatic nitrogens is 1. The number of hydrogen-bond donors (Lipinski definition) is 0. The summed E-state index contributed by atoms with van der Waals surface area (Å²) in [5, 5.41) is 0.544. The van der Waals surface area contributed by atoms with Gasteiger partial charge in [0.05, 0.1) is 0 Å². The first-order valence-corrected chi connectivity index (χ1v) is 2.34. The Bertz CT molecular complexity index is 142. The smallest absolute Gasteiger partial charge is 0.129 e. The molecule has 1 rings (SSSR count). The molecular formula is C5H6ClNO. The summed E-state index contributed by atoms with van der Waals surface area (Å²) in [6, 6.07) is 5.41. The van der Waals surface area contributed by atoms with E-state index in [2.05, 4.69) is 4.98 Å². The molecule has 0 fully saturated rings. The molecule has 0 spiro atoms. The lowest BCUT2D eigenvalue weighted by Crippen LogP contribution is -1.65. The Hall–Kier alpha value is -0.600. The molecule has 1 heterocycles. The van der Waals surface area contributed by atoms with E-state index in [0.717, 1.165) is 0 Å². The van der Waals surface area contributed by atoms with Gasteiger partial charge in [0.1, 0.15) is 5.15 Å². The molecule has 2 N–H and O–H groups in total. The molecular weight excluding hydrogens is 126 g/mol. The summed E-state index contributed by atoms with van der Waals surface area (Å²) in [4.78, 5) is 3.74. The minimum absolute atomic E-state index is 0. The first-order valence-electron chi connectivity index (χ1n) is 1.96. The van der Waals surface area contributed by atoms with Gasteiger partial charge >= 0.3 is 0 Å². The standard InChI is InChI=1S/C5H4ClN.H2O/c6-5-3-1-2-4-7-5;/h1-4H;1H2. The van der Waals surface area contributed by atoms with Crippen LogP contribution in [0, 0.1) is 0 Å². The summed E-state index contributed by atoms with van der Waals surface area (Å²) >= 11 is 5.43. The molecule has 0 aliphatic heterocycles. The molecule has 0 bridgehead atoms. The fourth-order valence-electron chi connectivity index (χ4n) is 0.342. The van der Waals surface area contributed by atoms with Crippen LogP contribution in [-0.4, -0.2) is 10.5 Å². The summed E-state index contributed by atoms with van der Waals surface area (Å²) in [5.74, 6) is 0. The molecule has 0 saturated carbocycles. The minimum atomic E-state index is 0. The molecule has 0 unspecified atom stereocenters. The highest BCUT2D eigenvalue weighted by atomic mass is 35.5. The lowest BCUT2D eigenvalue weighted by molar-refractivity contribution is 0.824. The van der Waals surface area contributed by atoms with Crippen LogP contribution in [0.15, 0.2) is 24.4 Å². The Morgan fingerprint density at radius 2 is 2.12 bits per heavy atom. The highest BCUT2D eigenvalue weighted by Gasteiger charge is 1.76. The van der Waals surface area contributed by atoms with Gasteiger partial charge in [0, 0.05) is 6.20 Å². The Morgan fingerprint density at radius 3 is 2.38 bits per heavy atom. The van der Waals surface area contributed by atoms with E-state index in [4.69, 9.17) is 11.6 Å². The highest BCUT2D eigenvalue weighted by molar-refractivity contribution is 6.29. The van der Waals surface area contributed by atoms with Crippen LogP contribution in [0.3, 0.4) is 0 Å². The van der Waals surface area contributed by atoms with Gasteiger partial charge in [-0.05, 0) is 12.1 Å². The number of nitrogens with zero attached hydrogens (tertiary/aromatic N) is 1. The van der Waals surface area contributed by atoms with E-state index in [-0.39, 0.29) is 5.48 Å². The number of halogens is 1. The molecule has 0 atom stereocenters. The second kappa shape index (κ2) is 3.41. The van der Waals surface area contributed by atoms with Gasteiger partial charge in [0.25, 0.3) is 0 Å². The van der Waals surface area contributed by atoms with Crippen molar-refractivity contribution in [3.63, 3.8) is 0 Å². The van der Waals surface area contributed by atoms with Crippen molar-refractivity contribution >= 4 is 11.6 Å². The molecule has 0 radical (unpaired) electrons. The van der Waals surface area contributed by atoms with Gasteiger partial charge in [-0.15, -0.1) is 0 Å². The largest absolute Gasteiger partial charge is 0.412 e. The molecule has 1 aromatic heterocycles. The average Bonchev–Trinajstić information content (AvgIpc) is 1.69. The van der Waals surface area contributed by atoms with E-state index in [0.29, 0.717) is 5.15 Å². The predicted molar refractivity (Wildman–Crippen MR) is 32.9 cm³/mol. The van der Waals surface area contributed by atoms with Crippen molar-refractivity contribution in [3.8, 4) is 0 Å². The van der Waals surface area contributed by atoms with Crippen molar-refractivity contribution < 1.29 is 5.48 Å². The van der Waals surface area contributed by atoms with Crippen molar-refractivity contribution in [1.29, 1.82) is 0 Å². The van der Waals surface area contributed by atoms with Crippen molar-refractivity contribution in [3.05, 3.63) is 29.5 Å². The monoisotopic (exact) mass is 131 g/mol. The normalized spacial score (nSPS) is 7.62. The van der Waals surface area contributed by atoms with Crippen LogP contribution < -0.4 is 0 Å². The first-order chi connectivity index (χ1) is 3.39. The molecule has 3 heteroatoms. The van der Waals surface area contributed by atoms with Gasteiger partial charge < -0.3 is 5.48 Å². The van der Waals surface area contributed by atoms with Gasteiger partial charge in [-0.1, -0.05) is 17.7 Å². The molecule has 0 aromatic carbocycles. The fraction of sp³-hybridized carbons (Fsp3) is 0. The third-order valence-electron chi connectivity index (χ3n) is 0.629. The lowest BCUT2D eigenvalue weighted by atomic mass is 10.5. The van der Waals surface area contributed by atoms with Crippen LogP contribution in [0.1, 0.15) is 0 Å².